The van der Waals surface area contributed by atoms with Gasteiger partial charge in [-0.05, 0) is 17.7 Å². The second-order valence-electron chi connectivity index (χ2n) is 3.64. The smallest absolute Gasteiger partial charge is 0.417 e. The third-order valence-electron chi connectivity index (χ3n) is 2.53. The molecule has 3 nitrogen and oxygen atoms in total. The van der Waals surface area contributed by atoms with E-state index in [1.165, 1.54) is 12.0 Å². The molecule has 1 aliphatic rings. The molecule has 0 saturated carbocycles. The molecule has 0 spiro atoms. The van der Waals surface area contributed by atoms with Gasteiger partial charge in [-0.2, -0.15) is 0 Å². The highest BCUT2D eigenvalue weighted by Gasteiger charge is 2.14. The summed E-state index contributed by atoms with van der Waals surface area (Å²) in [7, 11) is 1.35. The van der Waals surface area contributed by atoms with Crippen molar-refractivity contribution in [3.63, 3.8) is 0 Å². The fourth-order valence-corrected chi connectivity index (χ4v) is 1.85. The summed E-state index contributed by atoms with van der Waals surface area (Å²) >= 11 is 5.93. The van der Waals surface area contributed by atoms with E-state index in [4.69, 9.17) is 11.6 Å². The third-order valence-corrected chi connectivity index (χ3v) is 2.76. The van der Waals surface area contributed by atoms with Gasteiger partial charge in [0.2, 0.25) is 0 Å². The Morgan fingerprint density at radius 2 is 2.06 bits per heavy atom. The van der Waals surface area contributed by atoms with Gasteiger partial charge < -0.3 is 4.74 Å². The molecule has 88 valence electrons. The van der Waals surface area contributed by atoms with Crippen molar-refractivity contribution < 1.29 is 9.53 Å². The lowest BCUT2D eigenvalue weighted by atomic mass is 9.98. The van der Waals surface area contributed by atoms with Crippen LogP contribution in [-0.4, -0.2) is 18.1 Å². The van der Waals surface area contributed by atoms with E-state index in [1.807, 2.05) is 36.4 Å². The van der Waals surface area contributed by atoms with Gasteiger partial charge in [-0.15, -0.1) is 0 Å². The quantitative estimate of drug-likeness (QED) is 0.762. The van der Waals surface area contributed by atoms with Crippen LogP contribution in [0.5, 0.6) is 0 Å². The van der Waals surface area contributed by atoms with Gasteiger partial charge in [0.15, 0.2) is 0 Å². The molecule has 1 heterocycles. The van der Waals surface area contributed by atoms with Gasteiger partial charge in [0.1, 0.15) is 0 Å². The van der Waals surface area contributed by atoms with Gasteiger partial charge in [-0.3, -0.25) is 4.90 Å². The molecule has 0 fully saturated rings. The van der Waals surface area contributed by atoms with E-state index < -0.39 is 6.09 Å². The Bertz CT molecular complexity index is 468. The second kappa shape index (κ2) is 5.06. The first-order valence-corrected chi connectivity index (χ1v) is 5.57. The van der Waals surface area contributed by atoms with Crippen LogP contribution in [0, 0.1) is 0 Å². The highest BCUT2D eigenvalue weighted by molar-refractivity contribution is 6.30. The molecule has 0 aromatic heterocycles. The molecule has 0 unspecified atom stereocenters. The number of methoxy groups -OCH3 is 1. The average molecular weight is 250 g/mol. The summed E-state index contributed by atoms with van der Waals surface area (Å²) in [5.41, 5.74) is 1.09. The van der Waals surface area contributed by atoms with E-state index in [0.29, 0.717) is 5.02 Å². The zero-order chi connectivity index (χ0) is 12.3. The molecular formula is C13H12ClNO2. The van der Waals surface area contributed by atoms with E-state index >= 15 is 0 Å². The number of amides is 1. The highest BCUT2D eigenvalue weighted by Crippen LogP contribution is 2.25. The normalized spacial score (nSPS) is 15.1. The Kier molecular flexibility index (Phi) is 3.49. The number of nitrogens with zero attached hydrogens (tertiary/aromatic N) is 1. The molecule has 1 amide bonds. The standard InChI is InChI=1S/C13H12ClNO2/c1-17-13(16)15-7-5-10(6-8-15)11-3-2-4-12(14)9-11/h2-10H,1H3. The van der Waals surface area contributed by atoms with Crippen molar-refractivity contribution in [2.45, 2.75) is 5.92 Å². The number of benzene rings is 1. The van der Waals surface area contributed by atoms with Crippen LogP contribution in [0.15, 0.2) is 48.8 Å². The fourth-order valence-electron chi connectivity index (χ4n) is 1.65. The van der Waals surface area contributed by atoms with Gasteiger partial charge in [-0.25, -0.2) is 4.79 Å². The van der Waals surface area contributed by atoms with Crippen LogP contribution in [-0.2, 0) is 4.74 Å². The highest BCUT2D eigenvalue weighted by atomic mass is 35.5. The first-order chi connectivity index (χ1) is 8.20. The topological polar surface area (TPSA) is 29.5 Å². The Labute approximate surface area is 105 Å². The summed E-state index contributed by atoms with van der Waals surface area (Å²) in [6.45, 7) is 0. The molecule has 2 rings (SSSR count). The molecule has 1 aliphatic heterocycles. The molecule has 4 heteroatoms. The maximum Gasteiger partial charge on any atom is 0.417 e. The molecule has 0 N–H and O–H groups in total. The van der Waals surface area contributed by atoms with Gasteiger partial charge in [0.25, 0.3) is 0 Å². The van der Waals surface area contributed by atoms with Crippen molar-refractivity contribution in [2.24, 2.45) is 0 Å². The summed E-state index contributed by atoms with van der Waals surface area (Å²) in [4.78, 5) is 12.6. The third kappa shape index (κ3) is 2.68. The second-order valence-corrected chi connectivity index (χ2v) is 4.08. The molecule has 0 aliphatic carbocycles. The van der Waals surface area contributed by atoms with Crippen molar-refractivity contribution in [1.82, 2.24) is 4.90 Å². The molecule has 17 heavy (non-hydrogen) atoms. The maximum atomic E-state index is 11.2. The predicted octanol–water partition coefficient (Wildman–Crippen LogP) is 3.53. The largest absolute Gasteiger partial charge is 0.452 e. The first-order valence-electron chi connectivity index (χ1n) is 5.19. The van der Waals surface area contributed by atoms with Crippen LogP contribution < -0.4 is 0 Å². The summed E-state index contributed by atoms with van der Waals surface area (Å²) in [6, 6.07) is 7.65. The minimum atomic E-state index is -0.401. The van der Waals surface area contributed by atoms with Crippen molar-refractivity contribution in [2.75, 3.05) is 7.11 Å². The lowest BCUT2D eigenvalue weighted by Gasteiger charge is -2.19. The number of rotatable bonds is 1. The fraction of sp³-hybridized carbons (Fsp3) is 0.154. The van der Waals surface area contributed by atoms with Crippen LogP contribution in [0.4, 0.5) is 4.79 Å². The van der Waals surface area contributed by atoms with Crippen molar-refractivity contribution >= 4 is 17.7 Å². The minimum Gasteiger partial charge on any atom is -0.452 e. The summed E-state index contributed by atoms with van der Waals surface area (Å²) in [5, 5.41) is 0.708. The van der Waals surface area contributed by atoms with Crippen molar-refractivity contribution in [3.05, 3.63) is 59.4 Å². The number of hydrogen-bond donors (Lipinski definition) is 0. The summed E-state index contributed by atoms with van der Waals surface area (Å²) in [6.07, 6.45) is 6.82. The van der Waals surface area contributed by atoms with Gasteiger partial charge in [0, 0.05) is 23.3 Å². The van der Waals surface area contributed by atoms with Crippen LogP contribution in [0.1, 0.15) is 11.5 Å². The first kappa shape index (κ1) is 11.7. The van der Waals surface area contributed by atoms with Crippen LogP contribution >= 0.6 is 11.6 Å². The lowest BCUT2D eigenvalue weighted by molar-refractivity contribution is 0.151. The van der Waals surface area contributed by atoms with Crippen molar-refractivity contribution in [1.29, 1.82) is 0 Å². The molecule has 0 saturated heterocycles. The zero-order valence-corrected chi connectivity index (χ0v) is 10.1. The lowest BCUT2D eigenvalue weighted by Crippen LogP contribution is -2.21. The Hall–Kier alpha value is -1.74. The molecular weight excluding hydrogens is 238 g/mol. The van der Waals surface area contributed by atoms with E-state index in [9.17, 15) is 4.79 Å². The number of ether oxygens (including phenoxy) is 1. The van der Waals surface area contributed by atoms with Crippen molar-refractivity contribution in [3.8, 4) is 0 Å². The zero-order valence-electron chi connectivity index (χ0n) is 9.34. The van der Waals surface area contributed by atoms with Gasteiger partial charge in [-0.1, -0.05) is 35.9 Å². The summed E-state index contributed by atoms with van der Waals surface area (Å²) < 4.78 is 4.61. The minimum absolute atomic E-state index is 0.134. The number of halogens is 1. The molecule has 0 radical (unpaired) electrons. The molecule has 1 aromatic rings. The number of allylic oxidation sites excluding steroid dienone is 2. The number of carbonyl (C=O) groups is 1. The van der Waals surface area contributed by atoms with Gasteiger partial charge >= 0.3 is 6.09 Å². The molecule has 0 atom stereocenters. The van der Waals surface area contributed by atoms with Crippen LogP contribution in [0.25, 0.3) is 0 Å². The maximum absolute atomic E-state index is 11.2. The molecule has 0 bridgehead atoms. The van der Waals surface area contributed by atoms with Gasteiger partial charge in [0.05, 0.1) is 7.11 Å². The predicted molar refractivity (Wildman–Crippen MR) is 66.7 cm³/mol. The summed E-state index contributed by atoms with van der Waals surface area (Å²) in [5.74, 6) is 0.134. The number of carbonyl (C=O) groups excluding carboxylic acids is 1. The SMILES string of the molecule is COC(=O)N1C=CC(c2cccc(Cl)c2)C=C1. The monoisotopic (exact) mass is 249 g/mol. The van der Waals surface area contributed by atoms with E-state index in [2.05, 4.69) is 4.74 Å². The van der Waals surface area contributed by atoms with E-state index in [1.54, 1.807) is 12.4 Å². The number of hydrogen-bond acceptors (Lipinski definition) is 2. The van der Waals surface area contributed by atoms with Crippen LogP contribution in [0.2, 0.25) is 5.02 Å². The molecule has 1 aromatic carbocycles. The Morgan fingerprint density at radius 3 is 2.65 bits per heavy atom. The Morgan fingerprint density at radius 1 is 1.35 bits per heavy atom. The average Bonchev–Trinajstić information content (AvgIpc) is 2.38. The van der Waals surface area contributed by atoms with Crippen LogP contribution in [0.3, 0.4) is 0 Å². The Balaban J connectivity index is 2.13. The van der Waals surface area contributed by atoms with E-state index in [0.717, 1.165) is 5.56 Å². The van der Waals surface area contributed by atoms with E-state index in [-0.39, 0.29) is 5.92 Å².